The number of hydrogen-bond donors (Lipinski definition) is 7. The average Bonchev–Trinajstić information content (AvgIpc) is 1.34. The van der Waals surface area contributed by atoms with Gasteiger partial charge in [-0.15, -0.1) is 0 Å². The molecule has 1 saturated heterocycles. The second-order valence-electron chi connectivity index (χ2n) is 27.3. The van der Waals surface area contributed by atoms with Crippen molar-refractivity contribution in [2.75, 3.05) is 6.61 Å². The van der Waals surface area contributed by atoms with Gasteiger partial charge >= 0.3 is 0 Å². The van der Waals surface area contributed by atoms with Crippen molar-refractivity contribution in [1.82, 2.24) is 0 Å². The van der Waals surface area contributed by atoms with Crippen molar-refractivity contribution in [2.24, 2.45) is 46.0 Å². The summed E-state index contributed by atoms with van der Waals surface area (Å²) < 4.78 is 55.6. The Balaban J connectivity index is 0.863. The lowest BCUT2D eigenvalue weighted by Crippen LogP contribution is -2.48. The minimum absolute atomic E-state index is 0.00123. The monoisotopic (exact) mass is 1220 g/mol. The topological polar surface area (TPSA) is 218 Å². The molecule has 1 saturated carbocycles. The SMILES string of the molecule is C[C@@H]1CCc2cc3ccc2[C@H]1C[C@@H](S(=O)(=O)O)[C@H]1C=C2C[C@H](C[C@H]4C[C@@H](CO)CC#Cc5cc(O)ccc5[C@@H]2O4)[C@@H]1c1ccc(cc1)[C@](C[C@H](Cc1ccccc1)[C@@]1(O)CCC[C@H](c2ccc([C@@H](O)[C@@H]4C=Cc5cccc6cccc4c56)cc2)C1)(N=C(N)N)O3. The molecular formula is C77H81N3O9S. The number of guanidine groups is 1. The normalized spacial score (nSPS) is 29.9. The minimum atomic E-state index is -4.72. The summed E-state index contributed by atoms with van der Waals surface area (Å²) in [7, 11) is -4.72. The largest absolute Gasteiger partial charge is 0.508 e. The van der Waals surface area contributed by atoms with Gasteiger partial charge in [0, 0.05) is 48.0 Å². The van der Waals surface area contributed by atoms with E-state index in [2.05, 4.69) is 134 Å². The van der Waals surface area contributed by atoms with Crippen LogP contribution in [-0.4, -0.2) is 62.9 Å². The molecule has 464 valence electrons. The van der Waals surface area contributed by atoms with Crippen LogP contribution in [0.5, 0.6) is 11.5 Å². The zero-order chi connectivity index (χ0) is 62.1. The molecule has 0 aromatic heterocycles. The van der Waals surface area contributed by atoms with Gasteiger partial charge in [-0.05, 0) is 197 Å². The van der Waals surface area contributed by atoms with E-state index in [4.69, 9.17) is 25.9 Å². The molecule has 4 aliphatic carbocycles. The first-order chi connectivity index (χ1) is 43.5. The van der Waals surface area contributed by atoms with Crippen LogP contribution < -0.4 is 16.2 Å². The zero-order valence-electron chi connectivity index (χ0n) is 51.0. The lowest BCUT2D eigenvalue weighted by molar-refractivity contribution is -0.0834. The van der Waals surface area contributed by atoms with Crippen LogP contribution in [0, 0.1) is 41.4 Å². The average molecular weight is 1220 g/mol. The van der Waals surface area contributed by atoms with Crippen LogP contribution in [0.15, 0.2) is 174 Å². The summed E-state index contributed by atoms with van der Waals surface area (Å²) in [5, 5.41) is 48.5. The number of nitrogens with two attached hydrogens (primary N) is 2. The van der Waals surface area contributed by atoms with Gasteiger partial charge < -0.3 is 41.4 Å². The third kappa shape index (κ3) is 11.6. The van der Waals surface area contributed by atoms with Crippen molar-refractivity contribution in [1.29, 1.82) is 0 Å². The molecule has 7 aromatic carbocycles. The van der Waals surface area contributed by atoms with Gasteiger partial charge in [0.15, 0.2) is 5.96 Å². The summed E-state index contributed by atoms with van der Waals surface area (Å²) >= 11 is 0. The predicted octanol–water partition coefficient (Wildman–Crippen LogP) is 13.5. The number of fused-ring (bicyclic) bond motifs is 9. The van der Waals surface area contributed by atoms with Gasteiger partial charge in [-0.3, -0.25) is 4.55 Å². The molecule has 2 fully saturated rings. The van der Waals surface area contributed by atoms with Crippen molar-refractivity contribution < 1.29 is 42.9 Å². The van der Waals surface area contributed by atoms with Crippen molar-refractivity contribution >= 4 is 32.9 Å². The molecule has 5 aliphatic heterocycles. The highest BCUT2D eigenvalue weighted by Gasteiger charge is 2.51. The molecule has 0 amide bonds. The van der Waals surface area contributed by atoms with Gasteiger partial charge in [-0.1, -0.05) is 164 Å². The van der Waals surface area contributed by atoms with Crippen molar-refractivity contribution in [2.45, 2.75) is 149 Å². The number of aryl methyl sites for hydroxylation is 1. The van der Waals surface area contributed by atoms with Crippen LogP contribution in [0.1, 0.15) is 175 Å². The van der Waals surface area contributed by atoms with E-state index in [1.165, 1.54) is 5.39 Å². The molecule has 0 unspecified atom stereocenters. The molecule has 90 heavy (non-hydrogen) atoms. The number of aliphatic imine (C=N–C) groups is 1. The van der Waals surface area contributed by atoms with E-state index in [-0.39, 0.29) is 72.8 Å². The Kier molecular flexibility index (Phi) is 16.2. The Morgan fingerprint density at radius 3 is 2.40 bits per heavy atom. The minimum Gasteiger partial charge on any atom is -0.508 e. The van der Waals surface area contributed by atoms with E-state index in [1.807, 2.05) is 42.5 Å². The number of benzene rings is 7. The van der Waals surface area contributed by atoms with Gasteiger partial charge in [0.1, 0.15) is 17.6 Å². The first kappa shape index (κ1) is 60.0. The maximum absolute atomic E-state index is 14.5. The molecule has 13 heteroatoms. The van der Waals surface area contributed by atoms with Crippen LogP contribution in [0.3, 0.4) is 0 Å². The fourth-order valence-electron chi connectivity index (χ4n) is 17.4. The summed E-state index contributed by atoms with van der Waals surface area (Å²) in [4.78, 5) is 5.20. The summed E-state index contributed by atoms with van der Waals surface area (Å²) in [5.74, 6) is 4.67. The van der Waals surface area contributed by atoms with Gasteiger partial charge in [0.05, 0.1) is 23.1 Å². The van der Waals surface area contributed by atoms with Gasteiger partial charge in [-0.2, -0.15) is 8.42 Å². The summed E-state index contributed by atoms with van der Waals surface area (Å²) in [6, 6.07) is 50.5. The summed E-state index contributed by atoms with van der Waals surface area (Å²) in [5.41, 5.74) is 21.6. The number of phenolic OH excluding ortho intramolecular Hbond substituents is 1. The van der Waals surface area contributed by atoms with Gasteiger partial charge in [0.2, 0.25) is 5.72 Å². The number of ether oxygens (including phenoxy) is 2. The standard InChI is InChI=1S/C77H81N3O9S/c1-46-18-19-55-39-62-30-33-64(55)68(46)42-70(90(85,86)87)69-41-58-37-57(40-63-36-48(45-81)11-5-15-54-38-61(82)29-32-65(54)74(58)88-63)72(69)52-24-27-59(28-25-52)77(89-62,80-75(78)79)44-60(35-47-9-3-2-4-10-47)76(84)34-8-16-56(43-76)49-20-22-53(23-21-49)73(83)67-31-26-51-13-6-12-50-14-7-17-66(67)71(50)51/h2-4,6-7,9-10,12-14,17,20-33,38-39,41,46,48,56-57,60,63,67-70,72-74,81-84H,8,11,16,18-19,34-37,40,42-45H2,1H3,(H4,78,79,80)(H,85,86,87)/t46-,48+,56+,57-,60+,63-,67-,68+,69-,70-,72+,73-,74-,76-,77-/m1/s1. The highest BCUT2D eigenvalue weighted by atomic mass is 32.2. The first-order valence-electron chi connectivity index (χ1n) is 32.5. The van der Waals surface area contributed by atoms with E-state index in [0.717, 1.165) is 86.7 Å². The van der Waals surface area contributed by atoms with Crippen LogP contribution >= 0.6 is 0 Å². The van der Waals surface area contributed by atoms with E-state index in [9.17, 15) is 33.4 Å². The summed E-state index contributed by atoms with van der Waals surface area (Å²) in [6.07, 6.45) is 11.7. The zero-order valence-corrected chi connectivity index (χ0v) is 51.8. The highest BCUT2D eigenvalue weighted by Crippen LogP contribution is 2.56. The molecule has 15 atom stereocenters. The Labute approximate surface area is 528 Å². The third-order valence-electron chi connectivity index (χ3n) is 21.8. The molecule has 10 bridgehead atoms. The van der Waals surface area contributed by atoms with Crippen LogP contribution in [0.4, 0.5) is 0 Å². The van der Waals surface area contributed by atoms with E-state index in [1.54, 1.807) is 12.1 Å². The van der Waals surface area contributed by atoms with Crippen molar-refractivity contribution in [3.05, 3.63) is 231 Å². The number of phenols is 1. The number of aliphatic hydroxyl groups is 3. The van der Waals surface area contributed by atoms with E-state index >= 15 is 0 Å². The number of aromatic hydroxyl groups is 1. The Hall–Kier alpha value is -7.54. The Bertz CT molecular complexity index is 4110. The second kappa shape index (κ2) is 24.3. The Morgan fingerprint density at radius 1 is 0.844 bits per heavy atom. The van der Waals surface area contributed by atoms with E-state index < -0.39 is 56.7 Å². The molecule has 7 aromatic rings. The third-order valence-corrected chi connectivity index (χ3v) is 23.1. The number of rotatable bonds is 11. The maximum atomic E-state index is 14.5. The molecular weight excluding hydrogens is 1140 g/mol. The van der Waals surface area contributed by atoms with E-state index in [0.29, 0.717) is 61.8 Å². The molecule has 0 spiro atoms. The van der Waals surface area contributed by atoms with Gasteiger partial charge in [-0.25, -0.2) is 4.99 Å². The second-order valence-corrected chi connectivity index (χ2v) is 29.0. The lowest BCUT2D eigenvalue weighted by atomic mass is 9.64. The first-order valence-corrected chi connectivity index (χ1v) is 34.0. The molecule has 5 heterocycles. The quantitative estimate of drug-likeness (QED) is 0.0212. The fourth-order valence-corrected chi connectivity index (χ4v) is 18.5. The molecule has 16 rings (SSSR count). The van der Waals surface area contributed by atoms with Crippen molar-refractivity contribution in [3.63, 3.8) is 0 Å². The van der Waals surface area contributed by atoms with Crippen LogP contribution in [-0.2, 0) is 33.4 Å². The molecule has 9 aliphatic rings. The smallest absolute Gasteiger partial charge is 0.268 e. The predicted molar refractivity (Wildman–Crippen MR) is 352 cm³/mol. The number of hydrogen-bond acceptors (Lipinski definition) is 9. The molecule has 9 N–H and O–H groups in total. The highest BCUT2D eigenvalue weighted by molar-refractivity contribution is 7.86. The van der Waals surface area contributed by atoms with Gasteiger partial charge in [0.25, 0.3) is 10.1 Å². The van der Waals surface area contributed by atoms with Crippen LogP contribution in [0.2, 0.25) is 0 Å². The molecule has 12 nitrogen and oxygen atoms in total. The number of nitrogens with zero attached hydrogens (tertiary/aromatic N) is 1. The summed E-state index contributed by atoms with van der Waals surface area (Å²) in [6.45, 7) is 2.09. The maximum Gasteiger partial charge on any atom is 0.268 e. The number of allylic oxidation sites excluding steroid dienone is 1. The number of aliphatic hydroxyl groups excluding tert-OH is 2. The molecule has 0 radical (unpaired) electrons. The van der Waals surface area contributed by atoms with Crippen molar-refractivity contribution in [3.8, 4) is 23.3 Å². The lowest BCUT2D eigenvalue weighted by Gasteiger charge is -2.46. The fraction of sp³-hybridized carbons (Fsp3) is 0.390. The Morgan fingerprint density at radius 2 is 1.62 bits per heavy atom. The van der Waals surface area contributed by atoms with Crippen LogP contribution in [0.25, 0.3) is 16.8 Å².